The van der Waals surface area contributed by atoms with Gasteiger partial charge in [-0.15, -0.1) is 0 Å². The average Bonchev–Trinajstić information content (AvgIpc) is 2.96. The van der Waals surface area contributed by atoms with Crippen molar-refractivity contribution in [1.29, 1.82) is 0 Å². The topological polar surface area (TPSA) is 44.5 Å². The van der Waals surface area contributed by atoms with Gasteiger partial charge in [-0.25, -0.2) is 0 Å². The number of benzene rings is 1. The first-order valence-corrected chi connectivity index (χ1v) is 6.78. The molecule has 1 fully saturated rings. The zero-order valence-corrected chi connectivity index (χ0v) is 10.9. The zero-order valence-electron chi connectivity index (χ0n) is 10.9. The minimum Gasteiger partial charge on any atom is -0.493 e. The van der Waals surface area contributed by atoms with Crippen LogP contribution in [0.15, 0.2) is 24.3 Å². The first-order chi connectivity index (χ1) is 8.75. The van der Waals surface area contributed by atoms with Crippen molar-refractivity contribution in [3.8, 4) is 5.75 Å². The first kappa shape index (κ1) is 12.0. The Morgan fingerprint density at radius 1 is 1.39 bits per heavy atom. The molecular formula is C15H21NO2. The van der Waals surface area contributed by atoms with Gasteiger partial charge in [-0.05, 0) is 25.8 Å². The van der Waals surface area contributed by atoms with Crippen LogP contribution in [0.3, 0.4) is 0 Å². The van der Waals surface area contributed by atoms with Crippen LogP contribution in [0, 0.1) is 5.41 Å². The summed E-state index contributed by atoms with van der Waals surface area (Å²) in [5.74, 6) is 1.51. The number of para-hydroxylation sites is 1. The van der Waals surface area contributed by atoms with Crippen molar-refractivity contribution in [3.63, 3.8) is 0 Å². The molecule has 1 aromatic rings. The molecule has 3 atom stereocenters. The molecule has 2 aliphatic heterocycles. The fraction of sp³-hybridized carbons (Fsp3) is 0.600. The molecule has 3 rings (SSSR count). The molecule has 98 valence electrons. The number of rotatable bonds is 3. The summed E-state index contributed by atoms with van der Waals surface area (Å²) < 4.78 is 11.5. The van der Waals surface area contributed by atoms with E-state index in [0.717, 1.165) is 31.8 Å². The second-order valence-electron chi connectivity index (χ2n) is 5.58. The Balaban J connectivity index is 1.81. The third-order valence-electron chi connectivity index (χ3n) is 4.69. The molecule has 3 nitrogen and oxygen atoms in total. The summed E-state index contributed by atoms with van der Waals surface area (Å²) in [6.07, 6.45) is 2.40. The number of ether oxygens (including phenoxy) is 2. The fourth-order valence-corrected chi connectivity index (χ4v) is 3.33. The van der Waals surface area contributed by atoms with Gasteiger partial charge < -0.3 is 15.2 Å². The van der Waals surface area contributed by atoms with Crippen molar-refractivity contribution < 1.29 is 9.47 Å². The predicted molar refractivity (Wildman–Crippen MR) is 70.8 cm³/mol. The van der Waals surface area contributed by atoms with Crippen molar-refractivity contribution >= 4 is 0 Å². The van der Waals surface area contributed by atoms with E-state index in [9.17, 15) is 0 Å². The maximum absolute atomic E-state index is 6.04. The standard InChI is InChI=1S/C15H21NO2/c1-11-15(10-16,6-7-17-11)8-12-9-18-14-5-3-2-4-13(12)14/h2-5,11-12H,6-10,16H2,1H3. The van der Waals surface area contributed by atoms with Crippen LogP contribution in [0.25, 0.3) is 0 Å². The van der Waals surface area contributed by atoms with E-state index in [4.69, 9.17) is 15.2 Å². The van der Waals surface area contributed by atoms with E-state index in [1.165, 1.54) is 5.56 Å². The third kappa shape index (κ3) is 1.82. The zero-order chi connectivity index (χ0) is 12.6. The van der Waals surface area contributed by atoms with E-state index in [1.54, 1.807) is 0 Å². The maximum Gasteiger partial charge on any atom is 0.122 e. The normalized spacial score (nSPS) is 34.3. The summed E-state index contributed by atoms with van der Waals surface area (Å²) in [6, 6.07) is 8.35. The van der Waals surface area contributed by atoms with Crippen molar-refractivity contribution in [3.05, 3.63) is 29.8 Å². The quantitative estimate of drug-likeness (QED) is 0.891. The highest BCUT2D eigenvalue weighted by atomic mass is 16.5. The maximum atomic E-state index is 6.04. The van der Waals surface area contributed by atoms with E-state index in [2.05, 4.69) is 25.1 Å². The molecule has 0 spiro atoms. The summed E-state index contributed by atoms with van der Waals surface area (Å²) >= 11 is 0. The fourth-order valence-electron chi connectivity index (χ4n) is 3.33. The van der Waals surface area contributed by atoms with Crippen LogP contribution < -0.4 is 10.5 Å². The Morgan fingerprint density at radius 2 is 2.22 bits per heavy atom. The molecule has 2 heterocycles. The molecule has 0 aliphatic carbocycles. The molecule has 2 N–H and O–H groups in total. The number of nitrogens with two attached hydrogens (primary N) is 1. The van der Waals surface area contributed by atoms with Crippen molar-refractivity contribution in [2.45, 2.75) is 31.8 Å². The number of hydrogen-bond donors (Lipinski definition) is 1. The van der Waals surface area contributed by atoms with Crippen LogP contribution in [0.4, 0.5) is 0 Å². The Bertz CT molecular complexity index is 434. The lowest BCUT2D eigenvalue weighted by Crippen LogP contribution is -2.38. The molecule has 18 heavy (non-hydrogen) atoms. The van der Waals surface area contributed by atoms with E-state index >= 15 is 0 Å². The molecule has 0 amide bonds. The highest BCUT2D eigenvalue weighted by Crippen LogP contribution is 2.46. The van der Waals surface area contributed by atoms with Gasteiger partial charge in [-0.3, -0.25) is 0 Å². The molecule has 1 aromatic carbocycles. The van der Waals surface area contributed by atoms with Crippen molar-refractivity contribution in [2.24, 2.45) is 11.1 Å². The van der Waals surface area contributed by atoms with Crippen LogP contribution in [0.1, 0.15) is 31.2 Å². The SMILES string of the molecule is CC1OCCC1(CN)CC1COc2ccccc21. The molecular weight excluding hydrogens is 226 g/mol. The Morgan fingerprint density at radius 3 is 2.94 bits per heavy atom. The lowest BCUT2D eigenvalue weighted by atomic mass is 9.73. The van der Waals surface area contributed by atoms with Gasteiger partial charge in [0.1, 0.15) is 5.75 Å². The Kier molecular flexibility index (Phi) is 3.04. The van der Waals surface area contributed by atoms with Crippen LogP contribution in [0.5, 0.6) is 5.75 Å². The van der Waals surface area contributed by atoms with E-state index in [0.29, 0.717) is 12.5 Å². The molecule has 1 saturated heterocycles. The molecule has 0 bridgehead atoms. The van der Waals surface area contributed by atoms with Gasteiger partial charge in [0, 0.05) is 30.0 Å². The van der Waals surface area contributed by atoms with Gasteiger partial charge in [0.15, 0.2) is 0 Å². The Hall–Kier alpha value is -1.06. The number of hydrogen-bond acceptors (Lipinski definition) is 3. The van der Waals surface area contributed by atoms with Gasteiger partial charge in [0.05, 0.1) is 12.7 Å². The minimum atomic E-state index is 0.130. The van der Waals surface area contributed by atoms with Gasteiger partial charge in [-0.2, -0.15) is 0 Å². The average molecular weight is 247 g/mol. The van der Waals surface area contributed by atoms with E-state index in [-0.39, 0.29) is 11.5 Å². The van der Waals surface area contributed by atoms with Crippen LogP contribution in [-0.4, -0.2) is 25.9 Å². The predicted octanol–water partition coefficient (Wildman–Crippen LogP) is 2.31. The highest BCUT2D eigenvalue weighted by Gasteiger charge is 2.43. The molecule has 0 radical (unpaired) electrons. The van der Waals surface area contributed by atoms with Gasteiger partial charge >= 0.3 is 0 Å². The minimum absolute atomic E-state index is 0.130. The monoisotopic (exact) mass is 247 g/mol. The van der Waals surface area contributed by atoms with E-state index < -0.39 is 0 Å². The highest BCUT2D eigenvalue weighted by molar-refractivity contribution is 5.39. The summed E-state index contributed by atoms with van der Waals surface area (Å²) in [4.78, 5) is 0. The molecule has 2 aliphatic rings. The third-order valence-corrected chi connectivity index (χ3v) is 4.69. The second kappa shape index (κ2) is 4.56. The summed E-state index contributed by atoms with van der Waals surface area (Å²) in [6.45, 7) is 4.48. The van der Waals surface area contributed by atoms with Crippen LogP contribution in [-0.2, 0) is 4.74 Å². The molecule has 0 aromatic heterocycles. The lowest BCUT2D eigenvalue weighted by molar-refractivity contribution is 0.0578. The smallest absolute Gasteiger partial charge is 0.122 e. The molecule has 3 unspecified atom stereocenters. The largest absolute Gasteiger partial charge is 0.493 e. The first-order valence-electron chi connectivity index (χ1n) is 6.78. The van der Waals surface area contributed by atoms with Crippen LogP contribution in [0.2, 0.25) is 0 Å². The molecule has 3 heteroatoms. The van der Waals surface area contributed by atoms with Crippen LogP contribution >= 0.6 is 0 Å². The van der Waals surface area contributed by atoms with E-state index in [1.807, 2.05) is 6.07 Å². The number of fused-ring (bicyclic) bond motifs is 1. The van der Waals surface area contributed by atoms with Crippen molar-refractivity contribution in [2.75, 3.05) is 19.8 Å². The second-order valence-corrected chi connectivity index (χ2v) is 5.58. The Labute approximate surface area is 108 Å². The lowest BCUT2D eigenvalue weighted by Gasteiger charge is -2.33. The van der Waals surface area contributed by atoms with Crippen molar-refractivity contribution in [1.82, 2.24) is 0 Å². The molecule has 0 saturated carbocycles. The van der Waals surface area contributed by atoms with Gasteiger partial charge in [0.2, 0.25) is 0 Å². The summed E-state index contributed by atoms with van der Waals surface area (Å²) in [7, 11) is 0. The summed E-state index contributed by atoms with van der Waals surface area (Å²) in [5, 5.41) is 0. The van der Waals surface area contributed by atoms with Gasteiger partial charge in [-0.1, -0.05) is 18.2 Å². The van der Waals surface area contributed by atoms with Gasteiger partial charge in [0.25, 0.3) is 0 Å². The summed E-state index contributed by atoms with van der Waals surface area (Å²) in [5.41, 5.74) is 7.50.